The molecular weight excluding hydrogens is 482 g/mol. The average Bonchev–Trinajstić information content (AvgIpc) is 2.95. The zero-order valence-electron chi connectivity index (χ0n) is 21.0. The van der Waals surface area contributed by atoms with Gasteiger partial charge in [-0.2, -0.15) is 0 Å². The fraction of sp³-hybridized carbons (Fsp3) is 0.138. The molecule has 0 fully saturated rings. The minimum absolute atomic E-state index is 0.0767. The maximum atomic E-state index is 13.9. The first-order chi connectivity index (χ1) is 18.5. The monoisotopic (exact) mass is 509 g/mol. The lowest BCUT2D eigenvalue weighted by atomic mass is 10.0. The Morgan fingerprint density at radius 1 is 0.921 bits per heavy atom. The molecule has 3 amide bonds. The number of hydrogen-bond donors (Lipinski definition) is 2. The van der Waals surface area contributed by atoms with Crippen LogP contribution in [0.5, 0.6) is 5.75 Å². The zero-order chi connectivity index (χ0) is 26.9. The Labute approximate surface area is 220 Å². The SMILES string of the molecule is COc1ccc([C@H](C(=O)NCc2ccccc2)N(C(=O)c2cnccn2)c2ccc(NC(C)=O)cc2)cc1. The van der Waals surface area contributed by atoms with Gasteiger partial charge in [0.25, 0.3) is 5.91 Å². The van der Waals surface area contributed by atoms with E-state index in [4.69, 9.17) is 4.74 Å². The summed E-state index contributed by atoms with van der Waals surface area (Å²) in [5.41, 5.74) is 2.56. The van der Waals surface area contributed by atoms with Crippen LogP contribution in [0.1, 0.15) is 34.6 Å². The van der Waals surface area contributed by atoms with Gasteiger partial charge >= 0.3 is 0 Å². The van der Waals surface area contributed by atoms with E-state index in [0.29, 0.717) is 22.7 Å². The summed E-state index contributed by atoms with van der Waals surface area (Å²) in [6.07, 6.45) is 4.24. The Balaban J connectivity index is 1.78. The van der Waals surface area contributed by atoms with E-state index in [-0.39, 0.29) is 24.1 Å². The molecule has 3 aromatic carbocycles. The third-order valence-electron chi connectivity index (χ3n) is 5.71. The molecule has 1 aromatic heterocycles. The van der Waals surface area contributed by atoms with Gasteiger partial charge in [-0.1, -0.05) is 42.5 Å². The van der Waals surface area contributed by atoms with Crippen molar-refractivity contribution in [3.05, 3.63) is 114 Å². The average molecular weight is 510 g/mol. The third kappa shape index (κ3) is 6.38. The first-order valence-corrected chi connectivity index (χ1v) is 11.9. The Morgan fingerprint density at radius 2 is 1.63 bits per heavy atom. The Morgan fingerprint density at radius 3 is 2.24 bits per heavy atom. The summed E-state index contributed by atoms with van der Waals surface area (Å²) in [4.78, 5) is 48.8. The van der Waals surface area contributed by atoms with Crippen LogP contribution in [0.4, 0.5) is 11.4 Å². The first-order valence-electron chi connectivity index (χ1n) is 11.9. The van der Waals surface area contributed by atoms with Gasteiger partial charge in [-0.25, -0.2) is 4.98 Å². The van der Waals surface area contributed by atoms with Gasteiger partial charge in [0.05, 0.1) is 13.3 Å². The number of amides is 3. The molecule has 0 spiro atoms. The summed E-state index contributed by atoms with van der Waals surface area (Å²) >= 11 is 0. The molecule has 1 atom stereocenters. The highest BCUT2D eigenvalue weighted by atomic mass is 16.5. The predicted octanol–water partition coefficient (Wildman–Crippen LogP) is 4.15. The van der Waals surface area contributed by atoms with Gasteiger partial charge in [-0.05, 0) is 47.5 Å². The topological polar surface area (TPSA) is 114 Å². The lowest BCUT2D eigenvalue weighted by Gasteiger charge is -2.31. The van der Waals surface area contributed by atoms with E-state index in [1.165, 1.54) is 30.4 Å². The standard InChI is InChI=1S/C29H27N5O4/c1-20(35)33-23-10-12-24(13-11-23)34(29(37)26-19-30-16-17-31-26)27(22-8-14-25(38-2)15-9-22)28(36)32-18-21-6-4-3-5-7-21/h3-17,19,27H,18H2,1-2H3,(H,32,36)(H,33,35)/t27-/m1/s1. The number of nitrogens with one attached hydrogen (secondary N) is 2. The van der Waals surface area contributed by atoms with Gasteiger partial charge in [0.1, 0.15) is 17.5 Å². The molecule has 0 saturated carbocycles. The molecular formula is C29H27N5O4. The lowest BCUT2D eigenvalue weighted by molar-refractivity contribution is -0.122. The van der Waals surface area contributed by atoms with Gasteiger partial charge in [0.2, 0.25) is 11.8 Å². The van der Waals surface area contributed by atoms with Crippen molar-refractivity contribution in [3.63, 3.8) is 0 Å². The van der Waals surface area contributed by atoms with Crippen molar-refractivity contribution in [1.82, 2.24) is 15.3 Å². The number of carbonyl (C=O) groups excluding carboxylic acids is 3. The summed E-state index contributed by atoms with van der Waals surface area (Å²) in [6.45, 7) is 1.69. The van der Waals surface area contributed by atoms with Crippen molar-refractivity contribution in [1.29, 1.82) is 0 Å². The maximum Gasteiger partial charge on any atom is 0.279 e. The largest absolute Gasteiger partial charge is 0.497 e. The molecule has 0 saturated heterocycles. The summed E-state index contributed by atoms with van der Waals surface area (Å²) in [6, 6.07) is 22.1. The molecule has 0 bridgehead atoms. The second-order valence-corrected chi connectivity index (χ2v) is 8.37. The normalized spacial score (nSPS) is 11.2. The molecule has 4 aromatic rings. The summed E-state index contributed by atoms with van der Waals surface area (Å²) in [7, 11) is 1.56. The van der Waals surface area contributed by atoms with Gasteiger partial charge in [0, 0.05) is 37.2 Å². The highest BCUT2D eigenvalue weighted by molar-refractivity contribution is 6.09. The summed E-state index contributed by atoms with van der Waals surface area (Å²) in [5, 5.41) is 5.67. The molecule has 9 heteroatoms. The Hall–Kier alpha value is -5.05. The van der Waals surface area contributed by atoms with E-state index in [1.807, 2.05) is 30.3 Å². The number of nitrogens with zero attached hydrogens (tertiary/aromatic N) is 3. The number of benzene rings is 3. The minimum atomic E-state index is -1.05. The van der Waals surface area contributed by atoms with Crippen molar-refractivity contribution in [3.8, 4) is 5.75 Å². The fourth-order valence-corrected chi connectivity index (χ4v) is 3.91. The minimum Gasteiger partial charge on any atom is -0.497 e. The molecule has 0 aliphatic heterocycles. The quantitative estimate of drug-likeness (QED) is 0.351. The van der Waals surface area contributed by atoms with E-state index in [2.05, 4.69) is 20.6 Å². The van der Waals surface area contributed by atoms with E-state index in [1.54, 1.807) is 55.6 Å². The second kappa shape index (κ2) is 12.3. The number of hydrogen-bond acceptors (Lipinski definition) is 6. The Kier molecular flexibility index (Phi) is 8.40. The van der Waals surface area contributed by atoms with Crippen LogP contribution in [0.15, 0.2) is 97.5 Å². The van der Waals surface area contributed by atoms with E-state index in [9.17, 15) is 14.4 Å². The van der Waals surface area contributed by atoms with Gasteiger partial charge in [-0.3, -0.25) is 24.3 Å². The Bertz CT molecular complexity index is 1380. The molecule has 1 heterocycles. The number of rotatable bonds is 9. The van der Waals surface area contributed by atoms with Crippen LogP contribution in [0.3, 0.4) is 0 Å². The van der Waals surface area contributed by atoms with Crippen LogP contribution in [0.25, 0.3) is 0 Å². The zero-order valence-corrected chi connectivity index (χ0v) is 21.0. The molecule has 0 unspecified atom stereocenters. The van der Waals surface area contributed by atoms with Crippen LogP contribution >= 0.6 is 0 Å². The summed E-state index contributed by atoms with van der Waals surface area (Å²) < 4.78 is 5.29. The molecule has 192 valence electrons. The number of carbonyl (C=O) groups is 3. The van der Waals surface area contributed by atoms with Crippen LogP contribution in [0.2, 0.25) is 0 Å². The first kappa shape index (κ1) is 26.0. The molecule has 0 aliphatic rings. The van der Waals surface area contributed by atoms with Crippen molar-refractivity contribution in [2.24, 2.45) is 0 Å². The number of ether oxygens (including phenoxy) is 1. The smallest absolute Gasteiger partial charge is 0.279 e. The van der Waals surface area contributed by atoms with Crippen molar-refractivity contribution in [2.45, 2.75) is 19.5 Å². The van der Waals surface area contributed by atoms with E-state index in [0.717, 1.165) is 5.56 Å². The van der Waals surface area contributed by atoms with Gasteiger partial charge in [-0.15, -0.1) is 0 Å². The maximum absolute atomic E-state index is 13.9. The van der Waals surface area contributed by atoms with Crippen LogP contribution in [-0.2, 0) is 16.1 Å². The van der Waals surface area contributed by atoms with E-state index < -0.39 is 11.9 Å². The number of aromatic nitrogens is 2. The number of anilines is 2. The highest BCUT2D eigenvalue weighted by Crippen LogP contribution is 2.31. The highest BCUT2D eigenvalue weighted by Gasteiger charge is 2.34. The molecule has 0 radical (unpaired) electrons. The summed E-state index contributed by atoms with van der Waals surface area (Å²) in [5.74, 6) is -0.506. The second-order valence-electron chi connectivity index (χ2n) is 8.37. The van der Waals surface area contributed by atoms with Crippen molar-refractivity contribution >= 4 is 29.1 Å². The van der Waals surface area contributed by atoms with E-state index >= 15 is 0 Å². The van der Waals surface area contributed by atoms with Crippen LogP contribution < -0.4 is 20.3 Å². The van der Waals surface area contributed by atoms with Crippen LogP contribution in [-0.4, -0.2) is 34.8 Å². The predicted molar refractivity (Wildman–Crippen MR) is 144 cm³/mol. The lowest BCUT2D eigenvalue weighted by Crippen LogP contribution is -2.44. The molecule has 9 nitrogen and oxygen atoms in total. The molecule has 0 aliphatic carbocycles. The molecule has 2 N–H and O–H groups in total. The third-order valence-corrected chi connectivity index (χ3v) is 5.71. The van der Waals surface area contributed by atoms with Gasteiger partial charge < -0.3 is 15.4 Å². The van der Waals surface area contributed by atoms with Gasteiger partial charge in [0.15, 0.2) is 0 Å². The molecule has 38 heavy (non-hydrogen) atoms. The van der Waals surface area contributed by atoms with Crippen molar-refractivity contribution in [2.75, 3.05) is 17.3 Å². The fourth-order valence-electron chi connectivity index (χ4n) is 3.91. The van der Waals surface area contributed by atoms with Crippen molar-refractivity contribution < 1.29 is 19.1 Å². The number of methoxy groups -OCH3 is 1. The molecule has 4 rings (SSSR count). The van der Waals surface area contributed by atoms with Crippen LogP contribution in [0, 0.1) is 0 Å².